The number of hydrogen-bond acceptors (Lipinski definition) is 8. The van der Waals surface area contributed by atoms with Crippen molar-refractivity contribution in [3.63, 3.8) is 0 Å². The van der Waals surface area contributed by atoms with E-state index in [1.165, 1.54) is 16.4 Å². The van der Waals surface area contributed by atoms with Crippen molar-refractivity contribution in [1.82, 2.24) is 24.3 Å². The van der Waals surface area contributed by atoms with Gasteiger partial charge in [-0.15, -0.1) is 0 Å². The number of piperidine rings is 1. The smallest absolute Gasteiger partial charge is 0.260 e. The molecule has 41 heavy (non-hydrogen) atoms. The van der Waals surface area contributed by atoms with Crippen molar-refractivity contribution >= 4 is 50.2 Å². The molecule has 214 valence electrons. The predicted molar refractivity (Wildman–Crippen MR) is 145 cm³/mol. The highest BCUT2D eigenvalue weighted by Gasteiger charge is 2.33. The molecular weight excluding hydrogens is 552 g/mol. The second-order valence-corrected chi connectivity index (χ2v) is 12.2. The van der Waals surface area contributed by atoms with E-state index in [0.717, 1.165) is 5.56 Å². The van der Waals surface area contributed by atoms with E-state index in [1.807, 2.05) is 6.07 Å². The number of benzene rings is 2. The third-order valence-electron chi connectivity index (χ3n) is 7.71. The Labute approximate surface area is 235 Å². The largest absolute Gasteiger partial charge is 0.481 e. The summed E-state index contributed by atoms with van der Waals surface area (Å²) in [6, 6.07) is 9.93. The monoisotopic (exact) mass is 580 g/mol. The van der Waals surface area contributed by atoms with Crippen LogP contribution in [0.15, 0.2) is 41.3 Å². The van der Waals surface area contributed by atoms with Crippen molar-refractivity contribution < 1.29 is 32.3 Å². The van der Waals surface area contributed by atoms with Crippen molar-refractivity contribution in [3.8, 4) is 5.75 Å². The van der Waals surface area contributed by atoms with E-state index in [2.05, 4.69) is 15.7 Å². The number of aromatic nitrogens is 2. The quantitative estimate of drug-likeness (QED) is 0.399. The Morgan fingerprint density at radius 2 is 1.83 bits per heavy atom. The number of carbonyl (C=O) groups is 4. The molecule has 3 aliphatic heterocycles. The Kier molecular flexibility index (Phi) is 6.74. The van der Waals surface area contributed by atoms with Gasteiger partial charge in [-0.2, -0.15) is 9.40 Å². The van der Waals surface area contributed by atoms with Gasteiger partial charge < -0.3 is 15.0 Å². The summed E-state index contributed by atoms with van der Waals surface area (Å²) < 4.78 is 35.2. The van der Waals surface area contributed by atoms with Gasteiger partial charge in [-0.3, -0.25) is 29.2 Å². The van der Waals surface area contributed by atoms with Gasteiger partial charge in [0.15, 0.2) is 6.61 Å². The van der Waals surface area contributed by atoms with Crippen LogP contribution in [0.25, 0.3) is 10.9 Å². The standard InChI is InChI=1S/C27H28N6O7S/c1-31-26-18(25(30-31)19-7-8-22(34)29-27(19)37)3-2-4-21(26)40-15-24(36)32-9-11-33(12-10-32)41(38,39)17-6-5-16-13-23(35)28-20(16)14-17/h2-6,14,19H,7-13,15H2,1H3,(H,28,35)(H,29,34,37). The molecule has 1 unspecified atom stereocenters. The SMILES string of the molecule is Cn1nc(C2CCC(=O)NC2=O)c2cccc(OCC(=O)N3CCN(S(=O)(=O)c4ccc5c(c4)NC(=O)C5)CC3)c21. The minimum atomic E-state index is -3.79. The fourth-order valence-corrected chi connectivity index (χ4v) is 7.02. The molecule has 2 fully saturated rings. The maximum absolute atomic E-state index is 13.2. The number of imide groups is 1. The van der Waals surface area contributed by atoms with Gasteiger partial charge in [0.05, 0.1) is 22.9 Å². The molecule has 13 nitrogen and oxygen atoms in total. The number of nitrogens with zero attached hydrogens (tertiary/aromatic N) is 4. The second kappa shape index (κ2) is 10.3. The first kappa shape index (κ1) is 26.9. The molecule has 2 aromatic carbocycles. The van der Waals surface area contributed by atoms with Crippen molar-refractivity contribution in [2.24, 2.45) is 7.05 Å². The third kappa shape index (κ3) is 4.93. The number of anilines is 1. The van der Waals surface area contributed by atoms with Crippen molar-refractivity contribution in [1.29, 1.82) is 0 Å². The molecule has 0 spiro atoms. The van der Waals surface area contributed by atoms with Gasteiger partial charge in [-0.05, 0) is 30.2 Å². The summed E-state index contributed by atoms with van der Waals surface area (Å²) in [5.41, 5.74) is 2.45. The van der Waals surface area contributed by atoms with E-state index >= 15 is 0 Å². The Bertz CT molecular complexity index is 1710. The first-order valence-corrected chi connectivity index (χ1v) is 14.7. The molecule has 1 aromatic heterocycles. The van der Waals surface area contributed by atoms with Gasteiger partial charge in [0.1, 0.15) is 11.3 Å². The van der Waals surface area contributed by atoms with Crippen LogP contribution in [-0.2, 0) is 42.7 Å². The fraction of sp³-hybridized carbons (Fsp3) is 0.370. The third-order valence-corrected chi connectivity index (χ3v) is 9.61. The zero-order chi connectivity index (χ0) is 28.9. The van der Waals surface area contributed by atoms with E-state index in [9.17, 15) is 27.6 Å². The van der Waals surface area contributed by atoms with Crippen LogP contribution in [-0.4, -0.2) is 83.8 Å². The predicted octanol–water partition coefficient (Wildman–Crippen LogP) is 0.500. The van der Waals surface area contributed by atoms with Crippen LogP contribution >= 0.6 is 0 Å². The number of nitrogens with one attached hydrogen (secondary N) is 2. The molecule has 4 amide bonds. The number of ether oxygens (including phenoxy) is 1. The zero-order valence-electron chi connectivity index (χ0n) is 22.3. The number of aryl methyl sites for hydroxylation is 1. The highest BCUT2D eigenvalue weighted by atomic mass is 32.2. The number of rotatable bonds is 6. The van der Waals surface area contributed by atoms with Crippen LogP contribution in [0, 0.1) is 0 Å². The van der Waals surface area contributed by atoms with Crippen molar-refractivity contribution in [2.75, 3.05) is 38.1 Å². The van der Waals surface area contributed by atoms with Gasteiger partial charge in [-0.1, -0.05) is 18.2 Å². The Morgan fingerprint density at radius 3 is 2.59 bits per heavy atom. The molecule has 0 radical (unpaired) electrons. The number of fused-ring (bicyclic) bond motifs is 2. The maximum atomic E-state index is 13.2. The van der Waals surface area contributed by atoms with Crippen molar-refractivity contribution in [3.05, 3.63) is 47.7 Å². The fourth-order valence-electron chi connectivity index (χ4n) is 5.57. The van der Waals surface area contributed by atoms with Crippen LogP contribution in [0.2, 0.25) is 0 Å². The van der Waals surface area contributed by atoms with Crippen LogP contribution in [0.4, 0.5) is 5.69 Å². The molecule has 1 atom stereocenters. The number of para-hydroxylation sites is 1. The molecular formula is C27H28N6O7S. The molecule has 0 aliphatic carbocycles. The van der Waals surface area contributed by atoms with Crippen LogP contribution in [0.3, 0.4) is 0 Å². The first-order valence-electron chi connectivity index (χ1n) is 13.2. The summed E-state index contributed by atoms with van der Waals surface area (Å²) >= 11 is 0. The molecule has 3 aromatic rings. The lowest BCUT2D eigenvalue weighted by Gasteiger charge is -2.34. The van der Waals surface area contributed by atoms with Crippen LogP contribution in [0.1, 0.15) is 30.0 Å². The van der Waals surface area contributed by atoms with Crippen LogP contribution in [0.5, 0.6) is 5.75 Å². The van der Waals surface area contributed by atoms with Gasteiger partial charge >= 0.3 is 0 Å². The summed E-state index contributed by atoms with van der Waals surface area (Å²) in [6.45, 7) is 0.418. The minimum absolute atomic E-state index is 0.0995. The molecule has 3 aliphatic rings. The highest BCUT2D eigenvalue weighted by molar-refractivity contribution is 7.89. The maximum Gasteiger partial charge on any atom is 0.260 e. The highest BCUT2D eigenvalue weighted by Crippen LogP contribution is 2.34. The summed E-state index contributed by atoms with van der Waals surface area (Å²) in [6.07, 6.45) is 0.832. The molecule has 2 N–H and O–H groups in total. The Hall–Kier alpha value is -4.30. The summed E-state index contributed by atoms with van der Waals surface area (Å²) in [5, 5.41) is 10.3. The Morgan fingerprint density at radius 1 is 1.05 bits per heavy atom. The molecule has 4 heterocycles. The van der Waals surface area contributed by atoms with Gasteiger partial charge in [-0.25, -0.2) is 8.42 Å². The lowest BCUT2D eigenvalue weighted by Crippen LogP contribution is -2.51. The van der Waals surface area contributed by atoms with Crippen LogP contribution < -0.4 is 15.4 Å². The van der Waals surface area contributed by atoms with Gasteiger partial charge in [0, 0.05) is 50.7 Å². The number of hydrogen-bond donors (Lipinski definition) is 2. The van der Waals surface area contributed by atoms with E-state index in [-0.39, 0.29) is 74.2 Å². The summed E-state index contributed by atoms with van der Waals surface area (Å²) in [5.74, 6) is -1.27. The Balaban J connectivity index is 1.10. The van der Waals surface area contributed by atoms with Gasteiger partial charge in [0.25, 0.3) is 5.91 Å². The molecule has 6 rings (SSSR count). The molecule has 0 saturated carbocycles. The summed E-state index contributed by atoms with van der Waals surface area (Å²) in [7, 11) is -2.07. The van der Waals surface area contributed by atoms with E-state index in [4.69, 9.17) is 4.74 Å². The molecule has 14 heteroatoms. The number of carbonyl (C=O) groups excluding carboxylic acids is 4. The minimum Gasteiger partial charge on any atom is -0.481 e. The summed E-state index contributed by atoms with van der Waals surface area (Å²) in [4.78, 5) is 50.3. The van der Waals surface area contributed by atoms with E-state index < -0.39 is 15.9 Å². The number of sulfonamides is 1. The average molecular weight is 581 g/mol. The van der Waals surface area contributed by atoms with E-state index in [1.54, 1.807) is 34.8 Å². The lowest BCUT2D eigenvalue weighted by atomic mass is 9.93. The molecule has 2 saturated heterocycles. The average Bonchev–Trinajstić information content (AvgIpc) is 3.50. The van der Waals surface area contributed by atoms with Crippen molar-refractivity contribution in [2.45, 2.75) is 30.1 Å². The first-order chi connectivity index (χ1) is 19.6. The zero-order valence-corrected chi connectivity index (χ0v) is 23.1. The van der Waals surface area contributed by atoms with Gasteiger partial charge in [0.2, 0.25) is 27.7 Å². The number of piperazine rings is 1. The topological polar surface area (TPSA) is 160 Å². The molecule has 0 bridgehead atoms. The lowest BCUT2D eigenvalue weighted by molar-refractivity contribution is -0.135. The van der Waals surface area contributed by atoms with E-state index in [0.29, 0.717) is 34.5 Å². The second-order valence-electron chi connectivity index (χ2n) is 10.3. The normalized spacial score (nSPS) is 19.7. The number of amides is 4.